The molecule has 1 aromatic carbocycles. The maximum absolute atomic E-state index is 13.2. The van der Waals surface area contributed by atoms with Crippen molar-refractivity contribution in [3.63, 3.8) is 0 Å². The number of carbonyl (C=O) groups is 3. The van der Waals surface area contributed by atoms with Crippen LogP contribution in [0.25, 0.3) is 0 Å². The van der Waals surface area contributed by atoms with Gasteiger partial charge in [-0.05, 0) is 32.3 Å². The highest BCUT2D eigenvalue weighted by molar-refractivity contribution is 6.02. The Morgan fingerprint density at radius 2 is 2.03 bits per heavy atom. The molecule has 2 aliphatic rings. The third-order valence-corrected chi connectivity index (χ3v) is 5.42. The zero-order valence-electron chi connectivity index (χ0n) is 17.2. The van der Waals surface area contributed by atoms with Gasteiger partial charge in [-0.3, -0.25) is 14.4 Å². The van der Waals surface area contributed by atoms with E-state index in [0.29, 0.717) is 48.7 Å². The SMILES string of the molecule is COC(=O)CCCOc1cc2c(cc1OC)C(=O)N1CCC[C@H]1[C@H](CC(C)=O)N2. The minimum atomic E-state index is -0.289. The van der Waals surface area contributed by atoms with Crippen LogP contribution < -0.4 is 14.8 Å². The Bertz CT molecular complexity index is 794. The van der Waals surface area contributed by atoms with E-state index in [4.69, 9.17) is 9.47 Å². The summed E-state index contributed by atoms with van der Waals surface area (Å²) in [4.78, 5) is 38.1. The molecule has 1 aromatic rings. The van der Waals surface area contributed by atoms with Gasteiger partial charge in [-0.25, -0.2) is 0 Å². The van der Waals surface area contributed by atoms with Crippen LogP contribution in [0.4, 0.5) is 5.69 Å². The number of ether oxygens (including phenoxy) is 3. The Hall–Kier alpha value is -2.77. The molecule has 29 heavy (non-hydrogen) atoms. The number of Topliss-reactive ketones (excluding diaryl/α,β-unsaturated/α-hetero) is 1. The van der Waals surface area contributed by atoms with Crippen molar-refractivity contribution in [3.05, 3.63) is 17.7 Å². The summed E-state index contributed by atoms with van der Waals surface area (Å²) in [5.41, 5.74) is 1.15. The molecule has 1 amide bonds. The summed E-state index contributed by atoms with van der Waals surface area (Å²) in [7, 11) is 2.87. The number of anilines is 1. The van der Waals surface area contributed by atoms with Gasteiger partial charge >= 0.3 is 5.97 Å². The molecule has 0 unspecified atom stereocenters. The molecule has 1 saturated heterocycles. The molecular weight excluding hydrogens is 376 g/mol. The lowest BCUT2D eigenvalue weighted by atomic mass is 10.0. The fourth-order valence-electron chi connectivity index (χ4n) is 4.04. The van der Waals surface area contributed by atoms with Gasteiger partial charge in [0.2, 0.25) is 0 Å². The highest BCUT2D eigenvalue weighted by Gasteiger charge is 2.39. The molecule has 0 aliphatic carbocycles. The van der Waals surface area contributed by atoms with Crippen LogP contribution in [0, 0.1) is 0 Å². The lowest BCUT2D eigenvalue weighted by Crippen LogP contribution is -2.44. The van der Waals surface area contributed by atoms with Gasteiger partial charge in [0, 0.05) is 25.5 Å². The fourth-order valence-corrected chi connectivity index (χ4v) is 4.04. The van der Waals surface area contributed by atoms with Crippen molar-refractivity contribution in [2.45, 2.75) is 51.1 Å². The van der Waals surface area contributed by atoms with Gasteiger partial charge in [-0.1, -0.05) is 0 Å². The molecule has 0 bridgehead atoms. The Morgan fingerprint density at radius 3 is 2.72 bits per heavy atom. The van der Waals surface area contributed by atoms with Crippen LogP contribution in [0.1, 0.15) is 49.4 Å². The quantitative estimate of drug-likeness (QED) is 0.525. The van der Waals surface area contributed by atoms with Crippen LogP contribution in [0.2, 0.25) is 0 Å². The summed E-state index contributed by atoms with van der Waals surface area (Å²) in [6.45, 7) is 2.56. The number of carbonyl (C=O) groups excluding carboxylic acids is 3. The predicted octanol–water partition coefficient (Wildman–Crippen LogP) is 2.40. The van der Waals surface area contributed by atoms with Gasteiger partial charge in [0.1, 0.15) is 5.78 Å². The van der Waals surface area contributed by atoms with Gasteiger partial charge in [0.25, 0.3) is 5.91 Å². The van der Waals surface area contributed by atoms with E-state index in [2.05, 4.69) is 10.1 Å². The Balaban J connectivity index is 1.85. The smallest absolute Gasteiger partial charge is 0.305 e. The van der Waals surface area contributed by atoms with Crippen molar-refractivity contribution >= 4 is 23.3 Å². The first kappa shape index (κ1) is 21.0. The average Bonchev–Trinajstić information content (AvgIpc) is 3.16. The van der Waals surface area contributed by atoms with Crippen LogP contribution in [-0.2, 0) is 14.3 Å². The van der Waals surface area contributed by atoms with Crippen molar-refractivity contribution in [1.29, 1.82) is 0 Å². The van der Waals surface area contributed by atoms with Gasteiger partial charge in [0.15, 0.2) is 11.5 Å². The van der Waals surface area contributed by atoms with E-state index in [9.17, 15) is 14.4 Å². The molecule has 3 rings (SSSR count). The van der Waals surface area contributed by atoms with Crippen molar-refractivity contribution in [2.75, 3.05) is 32.7 Å². The van der Waals surface area contributed by atoms with Crippen molar-refractivity contribution < 1.29 is 28.6 Å². The first-order valence-corrected chi connectivity index (χ1v) is 9.93. The molecule has 0 spiro atoms. The maximum atomic E-state index is 13.2. The van der Waals surface area contributed by atoms with E-state index < -0.39 is 0 Å². The number of benzene rings is 1. The number of rotatable bonds is 8. The number of ketones is 1. The molecule has 0 aromatic heterocycles. The molecule has 158 valence electrons. The Morgan fingerprint density at radius 1 is 1.24 bits per heavy atom. The monoisotopic (exact) mass is 404 g/mol. The number of nitrogens with one attached hydrogen (secondary N) is 1. The largest absolute Gasteiger partial charge is 0.493 e. The summed E-state index contributed by atoms with van der Waals surface area (Å²) >= 11 is 0. The van der Waals surface area contributed by atoms with E-state index in [-0.39, 0.29) is 36.2 Å². The first-order valence-electron chi connectivity index (χ1n) is 9.93. The molecule has 8 heteroatoms. The van der Waals surface area contributed by atoms with E-state index in [0.717, 1.165) is 12.8 Å². The number of hydrogen-bond acceptors (Lipinski definition) is 7. The topological polar surface area (TPSA) is 94.2 Å². The van der Waals surface area contributed by atoms with E-state index in [1.54, 1.807) is 19.1 Å². The standard InChI is InChI=1S/C21H28N2O6/c1-13(24)10-16-17-6-4-8-23(17)21(26)14-11-18(27-2)19(12-15(14)22-16)29-9-5-7-20(25)28-3/h11-12,16-17,22H,4-10H2,1-3H3/t16-,17-/m0/s1. The molecule has 1 N–H and O–H groups in total. The lowest BCUT2D eigenvalue weighted by Gasteiger charge is -2.28. The Kier molecular flexibility index (Phi) is 6.61. The number of amides is 1. The summed E-state index contributed by atoms with van der Waals surface area (Å²) < 4.78 is 15.9. The number of hydrogen-bond donors (Lipinski definition) is 1. The molecule has 2 atom stereocenters. The molecular formula is C21H28N2O6. The third-order valence-electron chi connectivity index (χ3n) is 5.42. The highest BCUT2D eigenvalue weighted by atomic mass is 16.5. The van der Waals surface area contributed by atoms with Gasteiger partial charge in [-0.15, -0.1) is 0 Å². The van der Waals surface area contributed by atoms with Gasteiger partial charge in [-0.2, -0.15) is 0 Å². The number of methoxy groups -OCH3 is 2. The van der Waals surface area contributed by atoms with Gasteiger partial charge < -0.3 is 24.4 Å². The fraction of sp³-hybridized carbons (Fsp3) is 0.571. The molecule has 2 heterocycles. The number of fused-ring (bicyclic) bond motifs is 2. The summed E-state index contributed by atoms with van der Waals surface area (Å²) in [6.07, 6.45) is 2.92. The van der Waals surface area contributed by atoms with Crippen LogP contribution in [0.15, 0.2) is 12.1 Å². The maximum Gasteiger partial charge on any atom is 0.305 e. The summed E-state index contributed by atoms with van der Waals surface area (Å²) in [5, 5.41) is 3.41. The number of nitrogens with zero attached hydrogens (tertiary/aromatic N) is 1. The third kappa shape index (κ3) is 4.63. The predicted molar refractivity (Wildman–Crippen MR) is 107 cm³/mol. The molecule has 8 nitrogen and oxygen atoms in total. The van der Waals surface area contributed by atoms with E-state index in [1.165, 1.54) is 14.2 Å². The zero-order chi connectivity index (χ0) is 21.0. The molecule has 0 saturated carbocycles. The average molecular weight is 404 g/mol. The summed E-state index contributed by atoms with van der Waals surface area (Å²) in [5.74, 6) is 0.676. The van der Waals surface area contributed by atoms with Crippen LogP contribution in [0.5, 0.6) is 11.5 Å². The van der Waals surface area contributed by atoms with Crippen LogP contribution in [-0.4, -0.2) is 62.0 Å². The van der Waals surface area contributed by atoms with Crippen molar-refractivity contribution in [1.82, 2.24) is 4.90 Å². The Labute approximate surface area is 170 Å². The van der Waals surface area contributed by atoms with E-state index >= 15 is 0 Å². The summed E-state index contributed by atoms with van der Waals surface area (Å²) in [6, 6.07) is 3.29. The van der Waals surface area contributed by atoms with Crippen molar-refractivity contribution in [3.8, 4) is 11.5 Å². The first-order chi connectivity index (χ1) is 13.9. The minimum Gasteiger partial charge on any atom is -0.493 e. The lowest BCUT2D eigenvalue weighted by molar-refractivity contribution is -0.140. The highest BCUT2D eigenvalue weighted by Crippen LogP contribution is 2.39. The molecule has 2 aliphatic heterocycles. The second kappa shape index (κ2) is 9.15. The number of esters is 1. The van der Waals surface area contributed by atoms with Crippen molar-refractivity contribution in [2.24, 2.45) is 0 Å². The van der Waals surface area contributed by atoms with Crippen LogP contribution >= 0.6 is 0 Å². The van der Waals surface area contributed by atoms with Crippen LogP contribution in [0.3, 0.4) is 0 Å². The zero-order valence-corrected chi connectivity index (χ0v) is 17.2. The second-order valence-corrected chi connectivity index (χ2v) is 7.44. The molecule has 0 radical (unpaired) electrons. The van der Waals surface area contributed by atoms with E-state index in [1.807, 2.05) is 4.90 Å². The second-order valence-electron chi connectivity index (χ2n) is 7.44. The van der Waals surface area contributed by atoms with Gasteiger partial charge in [0.05, 0.1) is 44.2 Å². The normalized spacial score (nSPS) is 20.2. The molecule has 1 fully saturated rings. The minimum absolute atomic E-state index is 0.00535.